The summed E-state index contributed by atoms with van der Waals surface area (Å²) in [5.74, 6) is 0.946. The molecule has 0 unspecified atom stereocenters. The molecule has 0 aromatic rings. The van der Waals surface area contributed by atoms with Gasteiger partial charge in [-0.2, -0.15) is 0 Å². The Morgan fingerprint density at radius 3 is 1.22 bits per heavy atom. The van der Waals surface area contributed by atoms with Gasteiger partial charge in [0.1, 0.15) is 5.60 Å². The van der Waals surface area contributed by atoms with Crippen molar-refractivity contribution in [2.75, 3.05) is 104 Å². The van der Waals surface area contributed by atoms with Crippen LogP contribution in [0.4, 0.5) is 4.79 Å². The van der Waals surface area contributed by atoms with Crippen LogP contribution in [0.3, 0.4) is 0 Å². The molecule has 0 fully saturated rings. The molecule has 192 valence electrons. The first kappa shape index (κ1) is 31.6. The summed E-state index contributed by atoms with van der Waals surface area (Å²) < 4.78 is 37.8. The van der Waals surface area contributed by atoms with Crippen LogP contribution in [0.5, 0.6) is 0 Å². The molecule has 0 aromatic heterocycles. The lowest BCUT2D eigenvalue weighted by atomic mass is 10.2. The van der Waals surface area contributed by atoms with Gasteiger partial charge >= 0.3 is 6.09 Å². The summed E-state index contributed by atoms with van der Waals surface area (Å²) in [5.41, 5.74) is -0.574. The summed E-state index contributed by atoms with van der Waals surface area (Å²) in [5, 5.41) is 0. The fourth-order valence-electron chi connectivity index (χ4n) is 2.16. The molecular formula is C21H41Cl2NO8. The molecule has 0 atom stereocenters. The van der Waals surface area contributed by atoms with Crippen molar-refractivity contribution in [3.05, 3.63) is 0 Å². The molecule has 11 heteroatoms. The van der Waals surface area contributed by atoms with Gasteiger partial charge in [-0.15, -0.1) is 23.2 Å². The molecule has 9 nitrogen and oxygen atoms in total. The van der Waals surface area contributed by atoms with Gasteiger partial charge in [-0.05, 0) is 20.8 Å². The van der Waals surface area contributed by atoms with Crippen LogP contribution in [0.15, 0.2) is 0 Å². The van der Waals surface area contributed by atoms with Crippen molar-refractivity contribution in [3.8, 4) is 0 Å². The minimum Gasteiger partial charge on any atom is -0.444 e. The Kier molecular flexibility index (Phi) is 22.1. The lowest BCUT2D eigenvalue weighted by Crippen LogP contribution is -2.40. The highest BCUT2D eigenvalue weighted by molar-refractivity contribution is 6.18. The van der Waals surface area contributed by atoms with Crippen molar-refractivity contribution in [2.24, 2.45) is 0 Å². The van der Waals surface area contributed by atoms with E-state index in [2.05, 4.69) is 0 Å². The summed E-state index contributed by atoms with van der Waals surface area (Å²) in [7, 11) is 0. The Labute approximate surface area is 202 Å². The van der Waals surface area contributed by atoms with Crippen molar-refractivity contribution in [1.82, 2.24) is 4.90 Å². The number of carbonyl (C=O) groups excluding carboxylic acids is 1. The second-order valence-corrected chi connectivity index (χ2v) is 8.28. The third-order valence-corrected chi connectivity index (χ3v) is 3.90. The number of rotatable bonds is 22. The number of alkyl halides is 2. The highest BCUT2D eigenvalue weighted by Crippen LogP contribution is 2.10. The fourth-order valence-corrected chi connectivity index (χ4v) is 2.38. The van der Waals surface area contributed by atoms with E-state index in [0.717, 1.165) is 0 Å². The average molecular weight is 506 g/mol. The zero-order valence-corrected chi connectivity index (χ0v) is 21.3. The Balaban J connectivity index is 3.95. The SMILES string of the molecule is CC(C)(C)OC(=O)N(CCOCCOCCOCCCl)CCOCCOCCOCCCl. The molecule has 1 amide bonds. The smallest absolute Gasteiger partial charge is 0.410 e. The van der Waals surface area contributed by atoms with E-state index < -0.39 is 11.7 Å². The van der Waals surface area contributed by atoms with Crippen molar-refractivity contribution in [3.63, 3.8) is 0 Å². The zero-order chi connectivity index (χ0) is 23.9. The van der Waals surface area contributed by atoms with Crippen LogP contribution in [0.25, 0.3) is 0 Å². The summed E-state index contributed by atoms with van der Waals surface area (Å²) in [4.78, 5) is 14.0. The Bertz CT molecular complexity index is 403. The van der Waals surface area contributed by atoms with Gasteiger partial charge in [-0.3, -0.25) is 0 Å². The van der Waals surface area contributed by atoms with Crippen LogP contribution in [-0.4, -0.2) is 121 Å². The number of hydrogen-bond donors (Lipinski definition) is 0. The molecule has 0 rings (SSSR count). The topological polar surface area (TPSA) is 84.9 Å². The van der Waals surface area contributed by atoms with E-state index in [1.54, 1.807) is 4.90 Å². The fraction of sp³-hybridized carbons (Fsp3) is 0.952. The number of carbonyl (C=O) groups is 1. The molecule has 32 heavy (non-hydrogen) atoms. The first-order chi connectivity index (χ1) is 15.4. The van der Waals surface area contributed by atoms with Crippen LogP contribution in [0, 0.1) is 0 Å². The first-order valence-electron chi connectivity index (χ1n) is 11.0. The quantitative estimate of drug-likeness (QED) is 0.164. The van der Waals surface area contributed by atoms with Crippen LogP contribution >= 0.6 is 23.2 Å². The third-order valence-electron chi connectivity index (χ3n) is 3.59. The van der Waals surface area contributed by atoms with Gasteiger partial charge in [0.05, 0.1) is 79.3 Å². The van der Waals surface area contributed by atoms with Gasteiger partial charge in [-0.1, -0.05) is 0 Å². The number of ether oxygens (including phenoxy) is 7. The third kappa shape index (κ3) is 22.8. The van der Waals surface area contributed by atoms with Gasteiger partial charge in [-0.25, -0.2) is 4.79 Å². The van der Waals surface area contributed by atoms with E-state index in [-0.39, 0.29) is 0 Å². The van der Waals surface area contributed by atoms with E-state index in [9.17, 15) is 4.79 Å². The lowest BCUT2D eigenvalue weighted by Gasteiger charge is -2.27. The molecule has 0 aliphatic rings. The molecule has 0 heterocycles. The Morgan fingerprint density at radius 2 is 0.906 bits per heavy atom. The Morgan fingerprint density at radius 1 is 0.594 bits per heavy atom. The van der Waals surface area contributed by atoms with E-state index in [1.807, 2.05) is 20.8 Å². The van der Waals surface area contributed by atoms with E-state index in [4.69, 9.17) is 56.4 Å². The van der Waals surface area contributed by atoms with Crippen LogP contribution in [0.1, 0.15) is 20.8 Å². The van der Waals surface area contributed by atoms with E-state index in [1.165, 1.54) is 0 Å². The largest absolute Gasteiger partial charge is 0.444 e. The minimum absolute atomic E-state index is 0.372. The van der Waals surface area contributed by atoms with Gasteiger partial charge < -0.3 is 38.1 Å². The molecule has 0 aliphatic heterocycles. The molecule has 0 saturated heterocycles. The lowest BCUT2D eigenvalue weighted by molar-refractivity contribution is -0.00780. The minimum atomic E-state index is -0.574. The summed E-state index contributed by atoms with van der Waals surface area (Å²) in [6.07, 6.45) is -0.398. The number of halogens is 2. The average Bonchev–Trinajstić information content (AvgIpc) is 2.73. The van der Waals surface area contributed by atoms with Gasteiger partial charge in [0, 0.05) is 24.8 Å². The second-order valence-electron chi connectivity index (χ2n) is 7.52. The molecule has 0 N–H and O–H groups in total. The molecule has 0 aliphatic carbocycles. The predicted octanol–water partition coefficient (Wildman–Crippen LogP) is 2.80. The monoisotopic (exact) mass is 505 g/mol. The maximum Gasteiger partial charge on any atom is 0.410 e. The standard InChI is InChI=1S/C21H41Cl2NO8/c1-21(2,3)32-20(25)24(6-10-28-14-18-30-16-12-26-8-4-22)7-11-29-15-19-31-17-13-27-9-5-23/h4-19H2,1-3H3. The van der Waals surface area contributed by atoms with Gasteiger partial charge in [0.25, 0.3) is 0 Å². The summed E-state index contributed by atoms with van der Waals surface area (Å²) in [6.45, 7) is 11.8. The van der Waals surface area contributed by atoms with Crippen molar-refractivity contribution in [2.45, 2.75) is 26.4 Å². The summed E-state index contributed by atoms with van der Waals surface area (Å²) in [6, 6.07) is 0. The first-order valence-corrected chi connectivity index (χ1v) is 12.0. The molecular weight excluding hydrogens is 465 g/mol. The maximum atomic E-state index is 12.4. The molecule has 0 saturated carbocycles. The van der Waals surface area contributed by atoms with Gasteiger partial charge in [0.2, 0.25) is 0 Å². The number of amides is 1. The molecule has 0 radical (unpaired) electrons. The van der Waals surface area contributed by atoms with Crippen molar-refractivity contribution >= 4 is 29.3 Å². The van der Waals surface area contributed by atoms with Crippen LogP contribution in [-0.2, 0) is 33.2 Å². The van der Waals surface area contributed by atoms with Gasteiger partial charge in [0.15, 0.2) is 0 Å². The number of hydrogen-bond acceptors (Lipinski definition) is 8. The van der Waals surface area contributed by atoms with Crippen LogP contribution in [0.2, 0.25) is 0 Å². The highest BCUT2D eigenvalue weighted by Gasteiger charge is 2.21. The Hall–Kier alpha value is -0.390. The zero-order valence-electron chi connectivity index (χ0n) is 19.8. The molecule has 0 aromatic carbocycles. The summed E-state index contributed by atoms with van der Waals surface area (Å²) >= 11 is 11.0. The van der Waals surface area contributed by atoms with E-state index in [0.29, 0.717) is 104 Å². The highest BCUT2D eigenvalue weighted by atomic mass is 35.5. The normalized spacial score (nSPS) is 11.7. The maximum absolute atomic E-state index is 12.4. The predicted molar refractivity (Wildman–Crippen MR) is 124 cm³/mol. The van der Waals surface area contributed by atoms with E-state index >= 15 is 0 Å². The van der Waals surface area contributed by atoms with Crippen LogP contribution < -0.4 is 0 Å². The number of nitrogens with zero attached hydrogens (tertiary/aromatic N) is 1. The van der Waals surface area contributed by atoms with Crippen molar-refractivity contribution < 1.29 is 38.0 Å². The second kappa shape index (κ2) is 22.4. The molecule has 0 bridgehead atoms. The van der Waals surface area contributed by atoms with Crippen molar-refractivity contribution in [1.29, 1.82) is 0 Å². The molecule has 0 spiro atoms.